The van der Waals surface area contributed by atoms with Gasteiger partial charge in [-0.05, 0) is 0 Å². The van der Waals surface area contributed by atoms with E-state index in [0.29, 0.717) is 30.1 Å². The fourth-order valence-electron chi connectivity index (χ4n) is 6.12. The van der Waals surface area contributed by atoms with E-state index in [1.807, 2.05) is 0 Å². The van der Waals surface area contributed by atoms with Crippen LogP contribution in [-0.4, -0.2) is 24.2 Å². The molecule has 2 aliphatic heterocycles. The summed E-state index contributed by atoms with van der Waals surface area (Å²) >= 11 is 0. The Balaban J connectivity index is 0.00000169. The molecule has 6 atom stereocenters. The van der Waals surface area contributed by atoms with E-state index in [-0.39, 0.29) is 48.1 Å². The minimum Gasteiger partial charge on any atom is -0.657 e. The van der Waals surface area contributed by atoms with Crippen molar-refractivity contribution in [1.29, 1.82) is 0 Å². The molecule has 0 amide bonds. The van der Waals surface area contributed by atoms with Crippen LogP contribution < -0.4 is 0 Å². The Hall–Kier alpha value is 0.790. The summed E-state index contributed by atoms with van der Waals surface area (Å²) in [4.78, 5) is 0. The van der Waals surface area contributed by atoms with E-state index in [2.05, 4.69) is 13.8 Å². The van der Waals surface area contributed by atoms with Crippen molar-refractivity contribution in [3.8, 4) is 0 Å². The van der Waals surface area contributed by atoms with Crippen LogP contribution in [0.5, 0.6) is 0 Å². The van der Waals surface area contributed by atoms with E-state index in [4.69, 9.17) is 10.6 Å². The van der Waals surface area contributed by atoms with Gasteiger partial charge in [0.05, 0.1) is 0 Å². The Kier molecular flexibility index (Phi) is 12.8. The zero-order chi connectivity index (χ0) is 15.8. The van der Waals surface area contributed by atoms with E-state index in [0.717, 1.165) is 17.8 Å². The standard InChI is InChI=1S/C21H36N2.3CH3.Hf/c1-14(2)18-12-10-16-8-9-17-11-13-19(15-6-4-3-5-7-15)23-21(17)20(16)22-18;;;;/h14-21H,3-13H2,1-2H3;3*1H3;/q-2;3*-1;. The van der Waals surface area contributed by atoms with Crippen molar-refractivity contribution in [2.45, 2.75) is 109 Å². The second-order valence-electron chi connectivity index (χ2n) is 9.31. The normalized spacial score (nSPS) is 38.8. The van der Waals surface area contributed by atoms with Gasteiger partial charge in [0.2, 0.25) is 0 Å². The van der Waals surface area contributed by atoms with E-state index < -0.39 is 0 Å². The molecule has 2 heterocycles. The van der Waals surface area contributed by atoms with Crippen molar-refractivity contribution in [1.82, 2.24) is 0 Å². The summed E-state index contributed by atoms with van der Waals surface area (Å²) in [6.45, 7) is 4.72. The largest absolute Gasteiger partial charge is 0.657 e. The van der Waals surface area contributed by atoms with Gasteiger partial charge in [0, 0.05) is 25.8 Å². The number of fused-ring (bicyclic) bond motifs is 3. The van der Waals surface area contributed by atoms with Gasteiger partial charge < -0.3 is 32.9 Å². The van der Waals surface area contributed by atoms with Crippen LogP contribution in [0.3, 0.4) is 0 Å². The summed E-state index contributed by atoms with van der Waals surface area (Å²) in [5.74, 6) is 3.36. The summed E-state index contributed by atoms with van der Waals surface area (Å²) in [6.07, 6.45) is 15.7. The van der Waals surface area contributed by atoms with Crippen molar-refractivity contribution in [3.05, 3.63) is 32.9 Å². The maximum Gasteiger partial charge on any atom is 0 e. The topological polar surface area (TPSA) is 28.2 Å². The molecule has 27 heavy (non-hydrogen) atoms. The molecule has 0 aromatic heterocycles. The summed E-state index contributed by atoms with van der Waals surface area (Å²) < 4.78 is 0. The number of hydrogen-bond acceptors (Lipinski definition) is 0. The molecule has 0 spiro atoms. The van der Waals surface area contributed by atoms with E-state index in [9.17, 15) is 0 Å². The van der Waals surface area contributed by atoms with Gasteiger partial charge in [-0.3, -0.25) is 0 Å². The molecule has 2 saturated carbocycles. The minimum atomic E-state index is 0. The number of hydrogen-bond donors (Lipinski definition) is 0. The van der Waals surface area contributed by atoms with Gasteiger partial charge in [-0.1, -0.05) is 108 Å². The van der Waals surface area contributed by atoms with Gasteiger partial charge in [0.15, 0.2) is 0 Å². The average molecular weight is 540 g/mol. The Morgan fingerprint density at radius 2 is 1.11 bits per heavy atom. The van der Waals surface area contributed by atoms with E-state index >= 15 is 0 Å². The first-order valence-corrected chi connectivity index (χ1v) is 10.6. The van der Waals surface area contributed by atoms with Gasteiger partial charge >= 0.3 is 0 Å². The third-order valence-corrected chi connectivity index (χ3v) is 7.58. The monoisotopic (exact) mass is 541 g/mol. The van der Waals surface area contributed by atoms with Crippen LogP contribution in [0, 0.1) is 46.0 Å². The molecule has 0 aromatic carbocycles. The summed E-state index contributed by atoms with van der Waals surface area (Å²) in [7, 11) is 0. The van der Waals surface area contributed by atoms with E-state index in [1.54, 1.807) is 0 Å². The van der Waals surface area contributed by atoms with Crippen LogP contribution in [0.2, 0.25) is 0 Å². The number of piperidine rings is 2. The Labute approximate surface area is 190 Å². The second kappa shape index (κ2) is 12.5. The van der Waals surface area contributed by atoms with Crippen molar-refractivity contribution in [2.75, 3.05) is 0 Å². The van der Waals surface area contributed by atoms with Gasteiger partial charge in [-0.15, -0.1) is 24.2 Å². The first kappa shape index (κ1) is 27.8. The predicted molar refractivity (Wildman–Crippen MR) is 117 cm³/mol. The number of rotatable bonds is 2. The molecule has 160 valence electrons. The van der Waals surface area contributed by atoms with Crippen molar-refractivity contribution in [3.63, 3.8) is 0 Å². The molecule has 0 aromatic rings. The number of nitrogens with zero attached hydrogens (tertiary/aromatic N) is 2. The van der Waals surface area contributed by atoms with Crippen molar-refractivity contribution >= 4 is 0 Å². The molecule has 4 aliphatic rings. The van der Waals surface area contributed by atoms with Crippen LogP contribution in [0.4, 0.5) is 0 Å². The quantitative estimate of drug-likeness (QED) is 0.258. The Morgan fingerprint density at radius 3 is 1.70 bits per heavy atom. The van der Waals surface area contributed by atoms with Gasteiger partial charge in [-0.2, -0.15) is 0 Å². The van der Waals surface area contributed by atoms with Gasteiger partial charge in [-0.25, -0.2) is 0 Å². The van der Waals surface area contributed by atoms with Gasteiger partial charge in [0.25, 0.3) is 0 Å². The van der Waals surface area contributed by atoms with E-state index in [1.165, 1.54) is 70.6 Å². The van der Waals surface area contributed by atoms with Gasteiger partial charge in [0.1, 0.15) is 0 Å². The Morgan fingerprint density at radius 1 is 0.593 bits per heavy atom. The predicted octanol–water partition coefficient (Wildman–Crippen LogP) is 7.41. The van der Waals surface area contributed by atoms with Crippen LogP contribution in [0.15, 0.2) is 0 Å². The van der Waals surface area contributed by atoms with Crippen LogP contribution >= 0.6 is 0 Å². The fraction of sp³-hybridized carbons (Fsp3) is 0.875. The average Bonchev–Trinajstić information content (AvgIpc) is 2.61. The molecule has 0 bridgehead atoms. The molecule has 0 N–H and O–H groups in total. The third kappa shape index (κ3) is 6.14. The van der Waals surface area contributed by atoms with Crippen molar-refractivity contribution in [2.24, 2.45) is 23.7 Å². The maximum absolute atomic E-state index is 5.51. The first-order chi connectivity index (χ1) is 11.2. The van der Waals surface area contributed by atoms with Crippen molar-refractivity contribution < 1.29 is 25.8 Å². The molecule has 6 unspecified atom stereocenters. The summed E-state index contributed by atoms with van der Waals surface area (Å²) in [6, 6.07) is 2.47. The molecular weight excluding hydrogens is 495 g/mol. The molecule has 3 heteroatoms. The molecule has 4 fully saturated rings. The van der Waals surface area contributed by atoms with Crippen LogP contribution in [0.25, 0.3) is 10.6 Å². The molecular formula is C24H45HfN2-5. The Bertz CT molecular complexity index is 394. The molecule has 2 nitrogen and oxygen atoms in total. The molecule has 0 radical (unpaired) electrons. The zero-order valence-electron chi connectivity index (χ0n) is 18.8. The molecule has 2 aliphatic carbocycles. The third-order valence-electron chi connectivity index (χ3n) is 7.58. The molecule has 4 rings (SSSR count). The smallest absolute Gasteiger partial charge is 0 e. The minimum absolute atomic E-state index is 0. The fourth-order valence-corrected chi connectivity index (χ4v) is 6.12. The zero-order valence-corrected chi connectivity index (χ0v) is 22.4. The van der Waals surface area contributed by atoms with Crippen LogP contribution in [-0.2, 0) is 25.8 Å². The molecule has 2 saturated heterocycles. The van der Waals surface area contributed by atoms with Crippen LogP contribution in [0.1, 0.15) is 84.5 Å². The summed E-state index contributed by atoms with van der Waals surface area (Å²) in [5.41, 5.74) is 0. The summed E-state index contributed by atoms with van der Waals surface area (Å²) in [5, 5.41) is 10.9. The maximum atomic E-state index is 5.51. The SMILES string of the molecule is CC(C)C1CCC2CCC3CCC(C4CCCCC4)[N-]C3C2[N-]1.[CH3-].[CH3-].[CH3-].[Hf]. The second-order valence-corrected chi connectivity index (χ2v) is 9.31. The first-order valence-electron chi connectivity index (χ1n) is 10.6.